The van der Waals surface area contributed by atoms with Gasteiger partial charge in [0.2, 0.25) is 17.7 Å². The number of thiocarbonyl (C=S) groups is 1. The number of amides is 3. The second-order valence-electron chi connectivity index (χ2n) is 5.04. The number of carbonyl (C=O) groups is 3. The van der Waals surface area contributed by atoms with Crippen LogP contribution in [0.1, 0.15) is 39.5 Å². The van der Waals surface area contributed by atoms with Crippen LogP contribution in [-0.2, 0) is 14.4 Å². The zero-order valence-electron chi connectivity index (χ0n) is 12.6. The molecule has 0 aromatic carbocycles. The standard InChI is InChI=1S/C13H24N4O3S/c1-3-5-13(6-4-2,11(16)21)12(20)17(7-9(14)18)8-10(15)19/h3-8H2,1-2H3,(H2,14,18)(H2,15,19)(H2,16,21). The average Bonchev–Trinajstić information content (AvgIpc) is 2.35. The normalized spacial score (nSPS) is 11.0. The Bertz CT molecular complexity index is 404. The number of primary amides is 2. The fourth-order valence-electron chi connectivity index (χ4n) is 2.42. The monoisotopic (exact) mass is 316 g/mol. The first kappa shape index (κ1) is 19.3. The van der Waals surface area contributed by atoms with Crippen molar-refractivity contribution in [3.8, 4) is 0 Å². The Morgan fingerprint density at radius 1 is 0.952 bits per heavy atom. The van der Waals surface area contributed by atoms with Gasteiger partial charge < -0.3 is 22.1 Å². The fraction of sp³-hybridized carbons (Fsp3) is 0.692. The van der Waals surface area contributed by atoms with Crippen LogP contribution in [0, 0.1) is 5.41 Å². The molecule has 8 heteroatoms. The van der Waals surface area contributed by atoms with Crippen molar-refractivity contribution < 1.29 is 14.4 Å². The third-order valence-corrected chi connectivity index (χ3v) is 3.61. The minimum Gasteiger partial charge on any atom is -0.392 e. The van der Waals surface area contributed by atoms with Crippen LogP contribution in [0.25, 0.3) is 0 Å². The summed E-state index contributed by atoms with van der Waals surface area (Å²) in [4.78, 5) is 36.1. The van der Waals surface area contributed by atoms with Gasteiger partial charge in [0.25, 0.3) is 0 Å². The molecular weight excluding hydrogens is 292 g/mol. The molecule has 0 aliphatic heterocycles. The van der Waals surface area contributed by atoms with Gasteiger partial charge in [0.15, 0.2) is 0 Å². The summed E-state index contributed by atoms with van der Waals surface area (Å²) in [6, 6.07) is 0. The molecule has 21 heavy (non-hydrogen) atoms. The first-order valence-corrected chi connectivity index (χ1v) is 7.28. The first-order chi connectivity index (χ1) is 9.71. The Labute approximate surface area is 130 Å². The van der Waals surface area contributed by atoms with E-state index in [1.165, 1.54) is 0 Å². The molecule has 0 saturated carbocycles. The number of nitrogens with zero attached hydrogens (tertiary/aromatic N) is 1. The summed E-state index contributed by atoms with van der Waals surface area (Å²) in [5.74, 6) is -1.92. The Morgan fingerprint density at radius 3 is 1.57 bits per heavy atom. The molecule has 6 N–H and O–H groups in total. The number of rotatable bonds is 10. The van der Waals surface area contributed by atoms with Crippen LogP contribution < -0.4 is 17.2 Å². The van der Waals surface area contributed by atoms with E-state index in [1.807, 2.05) is 13.8 Å². The van der Waals surface area contributed by atoms with Crippen molar-refractivity contribution in [3.05, 3.63) is 0 Å². The molecule has 120 valence electrons. The Kier molecular flexibility index (Phi) is 7.86. The maximum absolute atomic E-state index is 12.8. The summed E-state index contributed by atoms with van der Waals surface area (Å²) in [5.41, 5.74) is 15.0. The van der Waals surface area contributed by atoms with Crippen LogP contribution >= 0.6 is 12.2 Å². The predicted octanol–water partition coefficient (Wildman–Crippen LogP) is -0.342. The third-order valence-electron chi connectivity index (χ3n) is 3.22. The maximum Gasteiger partial charge on any atom is 0.237 e. The van der Waals surface area contributed by atoms with Gasteiger partial charge in [-0.15, -0.1) is 0 Å². The van der Waals surface area contributed by atoms with Gasteiger partial charge in [-0.25, -0.2) is 0 Å². The molecular formula is C13H24N4O3S. The van der Waals surface area contributed by atoms with Gasteiger partial charge in [0.05, 0.1) is 23.5 Å². The molecule has 0 bridgehead atoms. The minimum atomic E-state index is -1.07. The van der Waals surface area contributed by atoms with Crippen LogP contribution in [0.15, 0.2) is 0 Å². The van der Waals surface area contributed by atoms with Crippen molar-refractivity contribution in [3.63, 3.8) is 0 Å². The third kappa shape index (κ3) is 5.30. The van der Waals surface area contributed by atoms with Crippen molar-refractivity contribution in [2.75, 3.05) is 13.1 Å². The van der Waals surface area contributed by atoms with Crippen LogP contribution in [0.5, 0.6) is 0 Å². The average molecular weight is 316 g/mol. The van der Waals surface area contributed by atoms with Gasteiger partial charge in [-0.3, -0.25) is 14.4 Å². The molecule has 3 amide bonds. The van der Waals surface area contributed by atoms with Gasteiger partial charge in [-0.2, -0.15) is 0 Å². The molecule has 0 saturated heterocycles. The summed E-state index contributed by atoms with van der Waals surface area (Å²) in [7, 11) is 0. The van der Waals surface area contributed by atoms with Gasteiger partial charge in [-0.05, 0) is 12.8 Å². The second kappa shape index (κ2) is 8.56. The number of hydrogen-bond acceptors (Lipinski definition) is 4. The molecule has 0 atom stereocenters. The van der Waals surface area contributed by atoms with E-state index in [9.17, 15) is 14.4 Å². The predicted molar refractivity (Wildman–Crippen MR) is 84.0 cm³/mol. The Balaban J connectivity index is 5.59. The van der Waals surface area contributed by atoms with Crippen LogP contribution in [0.4, 0.5) is 0 Å². The molecule has 0 radical (unpaired) electrons. The zero-order valence-corrected chi connectivity index (χ0v) is 13.4. The van der Waals surface area contributed by atoms with E-state index >= 15 is 0 Å². The van der Waals surface area contributed by atoms with E-state index < -0.39 is 23.1 Å². The molecule has 0 heterocycles. The van der Waals surface area contributed by atoms with Gasteiger partial charge in [-0.1, -0.05) is 38.9 Å². The first-order valence-electron chi connectivity index (χ1n) is 6.87. The molecule has 0 spiro atoms. The lowest BCUT2D eigenvalue weighted by Gasteiger charge is -2.35. The van der Waals surface area contributed by atoms with E-state index in [0.717, 1.165) is 4.90 Å². The van der Waals surface area contributed by atoms with Gasteiger partial charge >= 0.3 is 0 Å². The van der Waals surface area contributed by atoms with E-state index in [0.29, 0.717) is 25.7 Å². The smallest absolute Gasteiger partial charge is 0.237 e. The van der Waals surface area contributed by atoms with Crippen molar-refractivity contribution in [2.24, 2.45) is 22.6 Å². The van der Waals surface area contributed by atoms with E-state index in [2.05, 4.69) is 0 Å². The highest BCUT2D eigenvalue weighted by atomic mass is 32.1. The van der Waals surface area contributed by atoms with Crippen molar-refractivity contribution in [1.29, 1.82) is 0 Å². The summed E-state index contributed by atoms with van der Waals surface area (Å²) >= 11 is 5.08. The highest BCUT2D eigenvalue weighted by Crippen LogP contribution is 2.33. The summed E-state index contributed by atoms with van der Waals surface area (Å²) in [5, 5.41) is 0. The van der Waals surface area contributed by atoms with E-state index in [1.54, 1.807) is 0 Å². The van der Waals surface area contributed by atoms with Gasteiger partial charge in [0.1, 0.15) is 0 Å². The zero-order chi connectivity index (χ0) is 16.6. The quantitative estimate of drug-likeness (QED) is 0.474. The largest absolute Gasteiger partial charge is 0.392 e. The Morgan fingerprint density at radius 2 is 1.33 bits per heavy atom. The molecule has 0 aromatic rings. The van der Waals surface area contributed by atoms with Crippen molar-refractivity contribution in [1.82, 2.24) is 4.90 Å². The molecule has 0 aromatic heterocycles. The molecule has 0 unspecified atom stereocenters. The van der Waals surface area contributed by atoms with E-state index in [-0.39, 0.29) is 18.1 Å². The molecule has 0 rings (SSSR count). The summed E-state index contributed by atoms with van der Waals surface area (Å²) in [6.07, 6.45) is 2.26. The number of nitrogens with two attached hydrogens (primary N) is 3. The fourth-order valence-corrected chi connectivity index (χ4v) is 2.71. The van der Waals surface area contributed by atoms with Crippen LogP contribution in [-0.4, -0.2) is 40.7 Å². The Hall–Kier alpha value is -1.70. The summed E-state index contributed by atoms with van der Waals surface area (Å²) in [6.45, 7) is 3.03. The van der Waals surface area contributed by atoms with Gasteiger partial charge in [0, 0.05) is 0 Å². The topological polar surface area (TPSA) is 133 Å². The highest BCUT2D eigenvalue weighted by Gasteiger charge is 2.43. The number of hydrogen-bond donors (Lipinski definition) is 3. The second-order valence-corrected chi connectivity index (χ2v) is 5.48. The minimum absolute atomic E-state index is 0.0649. The van der Waals surface area contributed by atoms with E-state index in [4.69, 9.17) is 29.4 Å². The van der Waals surface area contributed by atoms with Crippen LogP contribution in [0.2, 0.25) is 0 Å². The molecule has 0 aliphatic rings. The van der Waals surface area contributed by atoms with Crippen molar-refractivity contribution >= 4 is 34.9 Å². The summed E-state index contributed by atoms with van der Waals surface area (Å²) < 4.78 is 0. The maximum atomic E-state index is 12.8. The molecule has 0 fully saturated rings. The lowest BCUT2D eigenvalue weighted by Crippen LogP contribution is -2.54. The molecule has 0 aliphatic carbocycles. The van der Waals surface area contributed by atoms with Crippen molar-refractivity contribution in [2.45, 2.75) is 39.5 Å². The lowest BCUT2D eigenvalue weighted by molar-refractivity contribution is -0.144. The SMILES string of the molecule is CCCC(CCC)(C(=O)N(CC(N)=O)CC(N)=O)C(N)=S. The number of carbonyl (C=O) groups excluding carboxylic acids is 3. The highest BCUT2D eigenvalue weighted by molar-refractivity contribution is 7.80. The lowest BCUT2D eigenvalue weighted by atomic mass is 9.77. The molecule has 7 nitrogen and oxygen atoms in total. The van der Waals surface area contributed by atoms with Crippen LogP contribution in [0.3, 0.4) is 0 Å².